The van der Waals surface area contributed by atoms with Gasteiger partial charge in [0.15, 0.2) is 0 Å². The lowest BCUT2D eigenvalue weighted by atomic mass is 10.1. The van der Waals surface area contributed by atoms with Crippen molar-refractivity contribution in [2.75, 3.05) is 0 Å². The summed E-state index contributed by atoms with van der Waals surface area (Å²) in [7, 11) is -3.71. The van der Waals surface area contributed by atoms with Crippen molar-refractivity contribution in [3.63, 3.8) is 0 Å². The van der Waals surface area contributed by atoms with Crippen LogP contribution in [0, 0.1) is 11.3 Å². The standard InChI is InChI=1S/C21H16N2O2S2/c22-13-18-3-1-2-4-21(18)27(24,25)19-7-5-16(6-8-19)14-23-11-9-17-10-12-26-20(17)15-23/h1-12H,14-15H2. The summed E-state index contributed by atoms with van der Waals surface area (Å²) in [5, 5.41) is 11.3. The molecule has 0 aliphatic carbocycles. The second-order valence-electron chi connectivity index (χ2n) is 6.28. The molecule has 1 aromatic heterocycles. The van der Waals surface area contributed by atoms with Gasteiger partial charge in [-0.25, -0.2) is 8.42 Å². The van der Waals surface area contributed by atoms with Gasteiger partial charge in [-0.05, 0) is 52.9 Å². The van der Waals surface area contributed by atoms with Crippen molar-refractivity contribution < 1.29 is 8.42 Å². The molecule has 0 unspecified atom stereocenters. The molecule has 4 nitrogen and oxygen atoms in total. The molecule has 2 heterocycles. The van der Waals surface area contributed by atoms with E-state index in [9.17, 15) is 13.7 Å². The Balaban J connectivity index is 1.55. The van der Waals surface area contributed by atoms with Crippen LogP contribution in [0.4, 0.5) is 0 Å². The second kappa shape index (κ2) is 7.03. The van der Waals surface area contributed by atoms with Crippen molar-refractivity contribution in [1.29, 1.82) is 5.26 Å². The Hall–Kier alpha value is -2.88. The van der Waals surface area contributed by atoms with E-state index in [1.54, 1.807) is 35.6 Å². The molecule has 0 amide bonds. The first-order chi connectivity index (χ1) is 13.1. The maximum Gasteiger partial charge on any atom is 0.207 e. The number of hydrogen-bond donors (Lipinski definition) is 0. The third-order valence-electron chi connectivity index (χ3n) is 4.51. The van der Waals surface area contributed by atoms with Gasteiger partial charge in [0.05, 0.1) is 21.9 Å². The zero-order chi connectivity index (χ0) is 18.9. The molecule has 2 aromatic carbocycles. The SMILES string of the molecule is N#Cc1ccccc1S(=O)(=O)c1ccc(CN2C=Cc3ccsc3C2)cc1. The average molecular weight is 393 g/mol. The highest BCUT2D eigenvalue weighted by Crippen LogP contribution is 2.27. The van der Waals surface area contributed by atoms with Crippen LogP contribution in [0.2, 0.25) is 0 Å². The normalized spacial score (nSPS) is 13.2. The molecule has 134 valence electrons. The van der Waals surface area contributed by atoms with Crippen LogP contribution in [0.5, 0.6) is 0 Å². The van der Waals surface area contributed by atoms with Gasteiger partial charge in [-0.2, -0.15) is 5.26 Å². The quantitative estimate of drug-likeness (QED) is 0.659. The molecule has 0 saturated carbocycles. The number of sulfone groups is 1. The fraction of sp³-hybridized carbons (Fsp3) is 0.0952. The van der Waals surface area contributed by atoms with E-state index in [4.69, 9.17) is 0 Å². The van der Waals surface area contributed by atoms with Crippen LogP contribution in [0.1, 0.15) is 21.6 Å². The van der Waals surface area contributed by atoms with E-state index in [2.05, 4.69) is 28.6 Å². The summed E-state index contributed by atoms with van der Waals surface area (Å²) in [6, 6.07) is 17.2. The highest BCUT2D eigenvalue weighted by atomic mass is 32.2. The first-order valence-corrected chi connectivity index (χ1v) is 10.8. The number of hydrogen-bond acceptors (Lipinski definition) is 5. The van der Waals surface area contributed by atoms with Crippen molar-refractivity contribution in [2.45, 2.75) is 22.9 Å². The number of nitrogens with zero attached hydrogens (tertiary/aromatic N) is 2. The highest BCUT2D eigenvalue weighted by Gasteiger charge is 2.21. The van der Waals surface area contributed by atoms with Gasteiger partial charge in [0.1, 0.15) is 6.07 Å². The molecule has 0 radical (unpaired) electrons. The molecule has 6 heteroatoms. The minimum atomic E-state index is -3.71. The van der Waals surface area contributed by atoms with Crippen LogP contribution >= 0.6 is 11.3 Å². The van der Waals surface area contributed by atoms with E-state index in [0.29, 0.717) is 6.54 Å². The largest absolute Gasteiger partial charge is 0.368 e. The summed E-state index contributed by atoms with van der Waals surface area (Å²) in [5.41, 5.74) is 2.47. The van der Waals surface area contributed by atoms with Crippen molar-refractivity contribution in [2.24, 2.45) is 0 Å². The van der Waals surface area contributed by atoms with Gasteiger partial charge >= 0.3 is 0 Å². The molecule has 3 aromatic rings. The van der Waals surface area contributed by atoms with E-state index < -0.39 is 9.84 Å². The molecule has 0 bridgehead atoms. The number of fused-ring (bicyclic) bond motifs is 1. The van der Waals surface area contributed by atoms with Crippen molar-refractivity contribution >= 4 is 27.3 Å². The Kier molecular flexibility index (Phi) is 4.56. The van der Waals surface area contributed by atoms with Gasteiger partial charge in [-0.3, -0.25) is 0 Å². The second-order valence-corrected chi connectivity index (χ2v) is 9.19. The molecular weight excluding hydrogens is 376 g/mol. The van der Waals surface area contributed by atoms with Gasteiger partial charge in [-0.15, -0.1) is 11.3 Å². The smallest absolute Gasteiger partial charge is 0.207 e. The number of nitriles is 1. The average Bonchev–Trinajstić information content (AvgIpc) is 3.16. The molecule has 0 spiro atoms. The number of rotatable bonds is 4. The Bertz CT molecular complexity index is 1150. The molecule has 0 atom stereocenters. The molecule has 0 fully saturated rings. The Morgan fingerprint density at radius 1 is 1.07 bits per heavy atom. The summed E-state index contributed by atoms with van der Waals surface area (Å²) in [6.45, 7) is 1.57. The lowest BCUT2D eigenvalue weighted by Crippen LogP contribution is -2.18. The lowest BCUT2D eigenvalue weighted by molar-refractivity contribution is 0.363. The first-order valence-electron chi connectivity index (χ1n) is 8.40. The Morgan fingerprint density at radius 2 is 1.85 bits per heavy atom. The molecule has 0 saturated heterocycles. The zero-order valence-electron chi connectivity index (χ0n) is 14.4. The van der Waals surface area contributed by atoms with Gasteiger partial charge in [0, 0.05) is 17.6 Å². The van der Waals surface area contributed by atoms with E-state index in [0.717, 1.165) is 12.1 Å². The molecule has 1 aliphatic rings. The summed E-state index contributed by atoms with van der Waals surface area (Å²) >= 11 is 1.75. The van der Waals surface area contributed by atoms with E-state index in [-0.39, 0.29) is 15.4 Å². The van der Waals surface area contributed by atoms with Gasteiger partial charge in [0.2, 0.25) is 9.84 Å². The Morgan fingerprint density at radius 3 is 2.63 bits per heavy atom. The third-order valence-corrected chi connectivity index (χ3v) is 7.26. The summed E-state index contributed by atoms with van der Waals surface area (Å²) < 4.78 is 25.7. The first kappa shape index (κ1) is 17.5. The van der Waals surface area contributed by atoms with Crippen LogP contribution < -0.4 is 0 Å². The van der Waals surface area contributed by atoms with E-state index in [1.165, 1.54) is 22.6 Å². The van der Waals surface area contributed by atoms with Gasteiger partial charge < -0.3 is 4.90 Å². The van der Waals surface area contributed by atoms with E-state index >= 15 is 0 Å². The lowest BCUT2D eigenvalue weighted by Gasteiger charge is -2.23. The fourth-order valence-electron chi connectivity index (χ4n) is 3.09. The predicted octanol–water partition coefficient (Wildman–Crippen LogP) is 4.44. The number of benzene rings is 2. The molecular formula is C21H16N2O2S2. The van der Waals surface area contributed by atoms with Gasteiger partial charge in [0.25, 0.3) is 0 Å². The molecule has 0 N–H and O–H groups in total. The minimum Gasteiger partial charge on any atom is -0.368 e. The molecule has 1 aliphatic heterocycles. The van der Waals surface area contributed by atoms with Crippen LogP contribution in [0.3, 0.4) is 0 Å². The third kappa shape index (κ3) is 3.39. The maximum absolute atomic E-state index is 12.9. The van der Waals surface area contributed by atoms with Crippen LogP contribution in [-0.4, -0.2) is 13.3 Å². The van der Waals surface area contributed by atoms with Crippen molar-refractivity contribution in [1.82, 2.24) is 4.90 Å². The van der Waals surface area contributed by atoms with Crippen molar-refractivity contribution in [3.05, 3.63) is 87.7 Å². The maximum atomic E-state index is 12.9. The van der Waals surface area contributed by atoms with Crippen LogP contribution in [-0.2, 0) is 22.9 Å². The number of thiophene rings is 1. The zero-order valence-corrected chi connectivity index (χ0v) is 16.0. The van der Waals surface area contributed by atoms with Crippen LogP contribution in [0.15, 0.2) is 76.0 Å². The van der Waals surface area contributed by atoms with Crippen molar-refractivity contribution in [3.8, 4) is 6.07 Å². The predicted molar refractivity (Wildman–Crippen MR) is 106 cm³/mol. The minimum absolute atomic E-state index is 0.0458. The Labute approximate surface area is 162 Å². The summed E-state index contributed by atoms with van der Waals surface area (Å²) in [4.78, 5) is 3.78. The summed E-state index contributed by atoms with van der Waals surface area (Å²) in [5.74, 6) is 0. The summed E-state index contributed by atoms with van der Waals surface area (Å²) in [6.07, 6.45) is 4.18. The van der Waals surface area contributed by atoms with Gasteiger partial charge in [-0.1, -0.05) is 24.3 Å². The monoisotopic (exact) mass is 392 g/mol. The van der Waals surface area contributed by atoms with Crippen LogP contribution in [0.25, 0.3) is 6.08 Å². The molecule has 27 heavy (non-hydrogen) atoms. The topological polar surface area (TPSA) is 61.2 Å². The van der Waals surface area contributed by atoms with E-state index in [1.807, 2.05) is 18.2 Å². The molecule has 4 rings (SSSR count). The highest BCUT2D eigenvalue weighted by molar-refractivity contribution is 7.91. The fourth-order valence-corrected chi connectivity index (χ4v) is 5.39.